The second-order valence-corrected chi connectivity index (χ2v) is 7.07. The molecule has 0 amide bonds. The van der Waals surface area contributed by atoms with E-state index in [-0.39, 0.29) is 18.0 Å². The van der Waals surface area contributed by atoms with E-state index in [0.29, 0.717) is 11.9 Å². The summed E-state index contributed by atoms with van der Waals surface area (Å²) in [4.78, 5) is 9.07. The molecule has 1 aliphatic carbocycles. The zero-order valence-corrected chi connectivity index (χ0v) is 16.2. The van der Waals surface area contributed by atoms with Crippen molar-refractivity contribution >= 4 is 17.5 Å². The Kier molecular flexibility index (Phi) is 5.45. The number of nitrogens with zero attached hydrogens (tertiary/aromatic N) is 7. The number of alkyl halides is 5. The van der Waals surface area contributed by atoms with Crippen LogP contribution in [-0.2, 0) is 6.18 Å². The largest absolute Gasteiger partial charge is 0.421 e. The molecule has 0 bridgehead atoms. The summed E-state index contributed by atoms with van der Waals surface area (Å²) in [5.74, 6) is -0.886. The summed E-state index contributed by atoms with van der Waals surface area (Å²) in [5, 5.41) is 17.4. The second kappa shape index (κ2) is 8.07. The molecule has 166 valence electrons. The molecule has 1 saturated carbocycles. The Morgan fingerprint density at radius 2 is 1.81 bits per heavy atom. The Morgan fingerprint density at radius 3 is 2.45 bits per heavy atom. The minimum Gasteiger partial charge on any atom is -0.364 e. The fourth-order valence-corrected chi connectivity index (χ4v) is 3.35. The smallest absolute Gasteiger partial charge is 0.364 e. The monoisotopic (exact) mass is 443 g/mol. The van der Waals surface area contributed by atoms with Gasteiger partial charge in [0.25, 0.3) is 6.43 Å². The average molecular weight is 443 g/mol. The second-order valence-electron chi connectivity index (χ2n) is 7.07. The first-order chi connectivity index (χ1) is 14.7. The molecule has 0 spiro atoms. The maximum absolute atomic E-state index is 13.1. The van der Waals surface area contributed by atoms with Crippen LogP contribution in [0.25, 0.3) is 0 Å². The highest BCUT2D eigenvalue weighted by Crippen LogP contribution is 2.41. The number of nitrogens with one attached hydrogen (secondary N) is 2. The van der Waals surface area contributed by atoms with Crippen molar-refractivity contribution in [3.05, 3.63) is 36.0 Å². The van der Waals surface area contributed by atoms with E-state index < -0.39 is 30.5 Å². The van der Waals surface area contributed by atoms with E-state index in [1.54, 1.807) is 24.1 Å². The Morgan fingerprint density at radius 1 is 1.10 bits per heavy atom. The summed E-state index contributed by atoms with van der Waals surface area (Å²) in [7, 11) is 0. The quantitative estimate of drug-likeness (QED) is 0.539. The lowest BCUT2D eigenvalue weighted by Crippen LogP contribution is -2.31. The van der Waals surface area contributed by atoms with E-state index in [4.69, 9.17) is 0 Å². The summed E-state index contributed by atoms with van der Waals surface area (Å²) in [6, 6.07) is 0.310. The SMILES string of the molecule is Cc1c(Nc2ncc(C(F)(F)F)c(NCC(F)F)n2)cnn1C1CC(n2nccn2)C1. The van der Waals surface area contributed by atoms with Gasteiger partial charge in [0.05, 0.1) is 48.6 Å². The molecule has 2 N–H and O–H groups in total. The molecule has 14 heteroatoms. The Hall–Kier alpha value is -3.32. The number of hydrogen-bond donors (Lipinski definition) is 2. The van der Waals surface area contributed by atoms with E-state index in [2.05, 4.69) is 30.6 Å². The number of halogens is 5. The van der Waals surface area contributed by atoms with Gasteiger partial charge in [-0.2, -0.15) is 38.2 Å². The third kappa shape index (κ3) is 4.41. The highest BCUT2D eigenvalue weighted by molar-refractivity contribution is 5.58. The molecule has 0 aromatic carbocycles. The van der Waals surface area contributed by atoms with Crippen molar-refractivity contribution in [3.8, 4) is 0 Å². The van der Waals surface area contributed by atoms with Gasteiger partial charge in [-0.05, 0) is 19.8 Å². The lowest BCUT2D eigenvalue weighted by Gasteiger charge is -2.35. The van der Waals surface area contributed by atoms with E-state index in [0.717, 1.165) is 18.5 Å². The highest BCUT2D eigenvalue weighted by atomic mass is 19.4. The predicted molar refractivity (Wildman–Crippen MR) is 99.1 cm³/mol. The van der Waals surface area contributed by atoms with Gasteiger partial charge in [-0.15, -0.1) is 0 Å². The van der Waals surface area contributed by atoms with E-state index in [9.17, 15) is 22.0 Å². The number of anilines is 3. The molecule has 0 atom stereocenters. The molecule has 0 radical (unpaired) electrons. The first-order valence-electron chi connectivity index (χ1n) is 9.35. The maximum atomic E-state index is 13.1. The van der Waals surface area contributed by atoms with E-state index >= 15 is 0 Å². The van der Waals surface area contributed by atoms with Gasteiger partial charge in [-0.3, -0.25) is 4.68 Å². The van der Waals surface area contributed by atoms with Crippen LogP contribution in [0.15, 0.2) is 24.8 Å². The maximum Gasteiger partial charge on any atom is 0.421 e. The van der Waals surface area contributed by atoms with Crippen LogP contribution in [0.2, 0.25) is 0 Å². The normalized spacial score (nSPS) is 18.8. The minimum atomic E-state index is -4.78. The minimum absolute atomic E-state index is 0.128. The van der Waals surface area contributed by atoms with Crippen molar-refractivity contribution in [1.29, 1.82) is 0 Å². The fraction of sp³-hybridized carbons (Fsp3) is 0.471. The first kappa shape index (κ1) is 20.9. The third-order valence-electron chi connectivity index (χ3n) is 5.01. The van der Waals surface area contributed by atoms with Crippen LogP contribution < -0.4 is 10.6 Å². The van der Waals surface area contributed by atoms with Crippen molar-refractivity contribution in [2.75, 3.05) is 17.2 Å². The van der Waals surface area contributed by atoms with Gasteiger partial charge in [0.2, 0.25) is 5.95 Å². The summed E-state index contributed by atoms with van der Waals surface area (Å²) < 4.78 is 66.1. The molecule has 1 aliphatic rings. The van der Waals surface area contributed by atoms with Crippen LogP contribution in [-0.4, -0.2) is 47.7 Å². The Labute approximate surface area is 172 Å². The molecular weight excluding hydrogens is 425 g/mol. The van der Waals surface area contributed by atoms with Gasteiger partial charge in [-0.1, -0.05) is 0 Å². The van der Waals surface area contributed by atoms with Crippen molar-refractivity contribution < 1.29 is 22.0 Å². The summed E-state index contributed by atoms with van der Waals surface area (Å²) in [5.41, 5.74) is 0.0153. The molecule has 1 fully saturated rings. The van der Waals surface area contributed by atoms with E-state index in [1.807, 2.05) is 10.00 Å². The summed E-state index contributed by atoms with van der Waals surface area (Å²) in [6.45, 7) is 0.833. The molecule has 4 rings (SSSR count). The molecule has 9 nitrogen and oxygen atoms in total. The molecule has 3 heterocycles. The van der Waals surface area contributed by atoms with Crippen LogP contribution in [0.3, 0.4) is 0 Å². The topological polar surface area (TPSA) is 98.4 Å². The molecular formula is C17H18F5N9. The average Bonchev–Trinajstić information content (AvgIpc) is 3.30. The van der Waals surface area contributed by atoms with Crippen molar-refractivity contribution in [1.82, 2.24) is 34.7 Å². The van der Waals surface area contributed by atoms with Crippen LogP contribution in [0.1, 0.15) is 36.2 Å². The van der Waals surface area contributed by atoms with Crippen molar-refractivity contribution in [3.63, 3.8) is 0 Å². The molecule has 31 heavy (non-hydrogen) atoms. The van der Waals surface area contributed by atoms with Gasteiger partial charge in [0, 0.05) is 6.20 Å². The standard InChI is InChI=1S/C17H18F5N9/c1-9-13(7-27-30(9)10-4-11(5-10)31-25-2-3-26-31)28-16-24-6-12(17(20,21)22)15(29-16)23-8-14(18)19/h2-3,6-7,10-11,14H,4-5,8H2,1H3,(H2,23,24,28,29). The van der Waals surface area contributed by atoms with Gasteiger partial charge >= 0.3 is 6.18 Å². The number of aromatic nitrogens is 7. The van der Waals surface area contributed by atoms with Crippen LogP contribution in [0, 0.1) is 6.92 Å². The first-order valence-corrected chi connectivity index (χ1v) is 9.35. The molecule has 3 aromatic rings. The van der Waals surface area contributed by atoms with Gasteiger partial charge < -0.3 is 10.6 Å². The lowest BCUT2D eigenvalue weighted by molar-refractivity contribution is -0.137. The lowest BCUT2D eigenvalue weighted by atomic mass is 9.87. The van der Waals surface area contributed by atoms with Crippen LogP contribution >= 0.6 is 0 Å². The number of hydrogen-bond acceptors (Lipinski definition) is 7. The number of rotatable bonds is 7. The van der Waals surface area contributed by atoms with Crippen LogP contribution in [0.5, 0.6) is 0 Å². The third-order valence-corrected chi connectivity index (χ3v) is 5.01. The molecule has 0 aliphatic heterocycles. The molecule has 0 saturated heterocycles. The van der Waals surface area contributed by atoms with Crippen molar-refractivity contribution in [2.45, 2.75) is 44.5 Å². The summed E-state index contributed by atoms with van der Waals surface area (Å²) in [6.07, 6.45) is -0.751. The molecule has 3 aromatic heterocycles. The zero-order valence-electron chi connectivity index (χ0n) is 16.2. The predicted octanol–water partition coefficient (Wildman–Crippen LogP) is 3.59. The zero-order chi connectivity index (χ0) is 22.2. The summed E-state index contributed by atoms with van der Waals surface area (Å²) >= 11 is 0. The van der Waals surface area contributed by atoms with Gasteiger partial charge in [-0.25, -0.2) is 13.8 Å². The van der Waals surface area contributed by atoms with Crippen LogP contribution in [0.4, 0.5) is 39.4 Å². The highest BCUT2D eigenvalue weighted by Gasteiger charge is 2.36. The van der Waals surface area contributed by atoms with Gasteiger partial charge in [0.15, 0.2) is 0 Å². The van der Waals surface area contributed by atoms with E-state index in [1.165, 1.54) is 6.20 Å². The molecule has 0 unspecified atom stereocenters. The Bertz CT molecular complexity index is 1030. The Balaban J connectivity index is 1.48. The fourth-order valence-electron chi connectivity index (χ4n) is 3.35. The van der Waals surface area contributed by atoms with Crippen molar-refractivity contribution in [2.24, 2.45) is 0 Å². The van der Waals surface area contributed by atoms with Gasteiger partial charge in [0.1, 0.15) is 11.4 Å².